The summed E-state index contributed by atoms with van der Waals surface area (Å²) >= 11 is 0. The van der Waals surface area contributed by atoms with E-state index in [0.29, 0.717) is 0 Å². The maximum Gasteiger partial charge on any atom is 0.312 e. The Morgan fingerprint density at radius 2 is 1.50 bits per heavy atom. The van der Waals surface area contributed by atoms with Crippen LogP contribution in [0.4, 0.5) is 0 Å². The normalized spacial score (nSPS) is 34.5. The lowest BCUT2D eigenvalue weighted by molar-refractivity contribution is -0.158. The van der Waals surface area contributed by atoms with Crippen molar-refractivity contribution in [2.24, 2.45) is 5.92 Å². The number of hydrogen-bond acceptors (Lipinski definition) is 3. The van der Waals surface area contributed by atoms with Gasteiger partial charge in [0.25, 0.3) is 0 Å². The lowest BCUT2D eigenvalue weighted by Gasteiger charge is -2.36. The van der Waals surface area contributed by atoms with Gasteiger partial charge >= 0.3 is 5.97 Å². The molecule has 3 heteroatoms. The predicted octanol–water partition coefficient (Wildman–Crippen LogP) is 2.95. The van der Waals surface area contributed by atoms with Crippen molar-refractivity contribution in [3.8, 4) is 0 Å². The number of carbonyl (C=O) groups is 1. The summed E-state index contributed by atoms with van der Waals surface area (Å²) in [5.74, 6) is -0.378. The van der Waals surface area contributed by atoms with Crippen LogP contribution in [0.3, 0.4) is 0 Å². The molecule has 102 valence electrons. The molecular weight excluding hydrogens is 228 g/mol. The molecule has 0 aromatic rings. The van der Waals surface area contributed by atoms with Gasteiger partial charge < -0.3 is 9.84 Å². The molecule has 0 radical (unpaired) electrons. The minimum absolute atomic E-state index is 0.124. The van der Waals surface area contributed by atoms with E-state index in [2.05, 4.69) is 0 Å². The van der Waals surface area contributed by atoms with Crippen LogP contribution in [0.5, 0.6) is 0 Å². The number of rotatable bonds is 1. The Morgan fingerprint density at radius 1 is 0.944 bits per heavy atom. The zero-order valence-electron chi connectivity index (χ0n) is 11.1. The smallest absolute Gasteiger partial charge is 0.312 e. The molecule has 1 aliphatic heterocycles. The molecule has 0 amide bonds. The van der Waals surface area contributed by atoms with Crippen LogP contribution in [-0.4, -0.2) is 22.3 Å². The summed E-state index contributed by atoms with van der Waals surface area (Å²) in [6.45, 7) is 0. The van der Waals surface area contributed by atoms with E-state index in [-0.39, 0.29) is 17.5 Å². The van der Waals surface area contributed by atoms with E-state index in [4.69, 9.17) is 4.74 Å². The predicted molar refractivity (Wildman–Crippen MR) is 68.0 cm³/mol. The summed E-state index contributed by atoms with van der Waals surface area (Å²) in [5, 5.41) is 10.8. The SMILES string of the molecule is O=C1OC2(CCCCC2)CC1C1(O)CCCCC1. The summed E-state index contributed by atoms with van der Waals surface area (Å²) in [7, 11) is 0. The molecule has 2 aliphatic carbocycles. The third kappa shape index (κ3) is 2.07. The van der Waals surface area contributed by atoms with Crippen LogP contribution in [0.2, 0.25) is 0 Å². The minimum atomic E-state index is -0.768. The van der Waals surface area contributed by atoms with E-state index in [1.807, 2.05) is 0 Å². The van der Waals surface area contributed by atoms with E-state index in [1.165, 1.54) is 25.7 Å². The fraction of sp³-hybridized carbons (Fsp3) is 0.933. The van der Waals surface area contributed by atoms with Crippen molar-refractivity contribution >= 4 is 5.97 Å². The zero-order chi connectivity index (χ0) is 12.6. The average Bonchev–Trinajstić information content (AvgIpc) is 2.69. The van der Waals surface area contributed by atoms with Crippen molar-refractivity contribution < 1.29 is 14.6 Å². The highest BCUT2D eigenvalue weighted by Gasteiger charge is 2.54. The molecule has 1 N–H and O–H groups in total. The van der Waals surface area contributed by atoms with E-state index in [9.17, 15) is 9.90 Å². The molecule has 1 saturated heterocycles. The first-order valence-corrected chi connectivity index (χ1v) is 7.59. The Kier molecular flexibility index (Phi) is 3.13. The third-order valence-electron chi connectivity index (χ3n) is 5.31. The van der Waals surface area contributed by atoms with Gasteiger partial charge in [-0.05, 0) is 38.5 Å². The first kappa shape index (κ1) is 12.5. The Bertz CT molecular complexity index is 325. The summed E-state index contributed by atoms with van der Waals surface area (Å²) in [5.41, 5.74) is -0.983. The molecule has 3 aliphatic rings. The molecule has 1 heterocycles. The maximum absolute atomic E-state index is 12.2. The molecule has 2 saturated carbocycles. The summed E-state index contributed by atoms with van der Waals surface area (Å²) in [6.07, 6.45) is 11.2. The van der Waals surface area contributed by atoms with Gasteiger partial charge in [0.15, 0.2) is 0 Å². The quantitative estimate of drug-likeness (QED) is 0.730. The Labute approximate surface area is 109 Å². The van der Waals surface area contributed by atoms with Crippen molar-refractivity contribution in [1.82, 2.24) is 0 Å². The van der Waals surface area contributed by atoms with Crippen molar-refractivity contribution in [2.45, 2.75) is 81.8 Å². The first-order valence-electron chi connectivity index (χ1n) is 7.59. The third-order valence-corrected chi connectivity index (χ3v) is 5.31. The molecule has 0 aromatic heterocycles. The fourth-order valence-electron chi connectivity index (χ4n) is 4.21. The second kappa shape index (κ2) is 4.52. The molecule has 1 atom stereocenters. The lowest BCUT2D eigenvalue weighted by Crippen LogP contribution is -2.42. The number of aliphatic hydroxyl groups is 1. The summed E-state index contributed by atoms with van der Waals surface area (Å²) in [6, 6.07) is 0. The van der Waals surface area contributed by atoms with Gasteiger partial charge in [-0.3, -0.25) is 4.79 Å². The van der Waals surface area contributed by atoms with Crippen molar-refractivity contribution in [2.75, 3.05) is 0 Å². The molecule has 1 spiro atoms. The fourth-order valence-corrected chi connectivity index (χ4v) is 4.21. The van der Waals surface area contributed by atoms with Gasteiger partial charge in [0.2, 0.25) is 0 Å². The van der Waals surface area contributed by atoms with Gasteiger partial charge in [-0.25, -0.2) is 0 Å². The highest BCUT2D eigenvalue weighted by molar-refractivity contribution is 5.77. The highest BCUT2D eigenvalue weighted by atomic mass is 16.6. The van der Waals surface area contributed by atoms with E-state index < -0.39 is 5.60 Å². The Balaban J connectivity index is 1.75. The summed E-state index contributed by atoms with van der Waals surface area (Å²) < 4.78 is 5.72. The Hall–Kier alpha value is -0.570. The minimum Gasteiger partial charge on any atom is -0.459 e. The molecule has 3 rings (SSSR count). The van der Waals surface area contributed by atoms with Gasteiger partial charge in [-0.15, -0.1) is 0 Å². The number of hydrogen-bond donors (Lipinski definition) is 1. The standard InChI is InChI=1S/C15H24O3/c16-13-12(15(17)9-5-2-6-10-15)11-14(18-13)7-3-1-4-8-14/h12,17H,1-11H2. The largest absolute Gasteiger partial charge is 0.459 e. The number of ether oxygens (including phenoxy) is 1. The molecule has 3 nitrogen and oxygen atoms in total. The van der Waals surface area contributed by atoms with Crippen LogP contribution < -0.4 is 0 Å². The van der Waals surface area contributed by atoms with Gasteiger partial charge in [0.05, 0.1) is 11.5 Å². The van der Waals surface area contributed by atoms with Crippen LogP contribution in [0.1, 0.15) is 70.6 Å². The summed E-state index contributed by atoms with van der Waals surface area (Å²) in [4.78, 5) is 12.2. The van der Waals surface area contributed by atoms with E-state index >= 15 is 0 Å². The van der Waals surface area contributed by atoms with Gasteiger partial charge in [0.1, 0.15) is 5.60 Å². The van der Waals surface area contributed by atoms with Crippen molar-refractivity contribution in [3.63, 3.8) is 0 Å². The van der Waals surface area contributed by atoms with E-state index in [0.717, 1.165) is 44.9 Å². The molecule has 1 unspecified atom stereocenters. The van der Waals surface area contributed by atoms with Crippen molar-refractivity contribution in [3.05, 3.63) is 0 Å². The average molecular weight is 252 g/mol. The van der Waals surface area contributed by atoms with Crippen LogP contribution in [0.15, 0.2) is 0 Å². The lowest BCUT2D eigenvalue weighted by atomic mass is 9.71. The monoisotopic (exact) mass is 252 g/mol. The number of esters is 1. The van der Waals surface area contributed by atoms with Crippen LogP contribution >= 0.6 is 0 Å². The van der Waals surface area contributed by atoms with Gasteiger partial charge in [0, 0.05) is 6.42 Å². The van der Waals surface area contributed by atoms with Gasteiger partial charge in [-0.2, -0.15) is 0 Å². The second-order valence-corrected chi connectivity index (χ2v) is 6.59. The first-order chi connectivity index (χ1) is 8.64. The molecular formula is C15H24O3. The topological polar surface area (TPSA) is 46.5 Å². The highest BCUT2D eigenvalue weighted by Crippen LogP contribution is 2.48. The van der Waals surface area contributed by atoms with Crippen LogP contribution in [0, 0.1) is 5.92 Å². The maximum atomic E-state index is 12.2. The molecule has 0 bridgehead atoms. The van der Waals surface area contributed by atoms with Crippen LogP contribution in [0.25, 0.3) is 0 Å². The van der Waals surface area contributed by atoms with Gasteiger partial charge in [-0.1, -0.05) is 25.7 Å². The molecule has 0 aromatic carbocycles. The van der Waals surface area contributed by atoms with Crippen molar-refractivity contribution in [1.29, 1.82) is 0 Å². The van der Waals surface area contributed by atoms with E-state index in [1.54, 1.807) is 0 Å². The molecule has 3 fully saturated rings. The van der Waals surface area contributed by atoms with Crippen LogP contribution in [-0.2, 0) is 9.53 Å². The zero-order valence-corrected chi connectivity index (χ0v) is 11.1. The second-order valence-electron chi connectivity index (χ2n) is 6.59. The molecule has 18 heavy (non-hydrogen) atoms. The Morgan fingerprint density at radius 3 is 2.11 bits per heavy atom. The number of carbonyl (C=O) groups excluding carboxylic acids is 1.